The molecule has 1 heterocycles. The van der Waals surface area contributed by atoms with E-state index in [1.54, 1.807) is 0 Å². The number of aryl methyl sites for hydroxylation is 1. The van der Waals surface area contributed by atoms with Crippen LogP contribution in [0.15, 0.2) is 60.0 Å². The van der Waals surface area contributed by atoms with Crippen molar-refractivity contribution in [2.75, 3.05) is 6.54 Å². The van der Waals surface area contributed by atoms with Crippen LogP contribution in [0.2, 0.25) is 0 Å². The van der Waals surface area contributed by atoms with Gasteiger partial charge in [-0.15, -0.1) is 11.3 Å². The van der Waals surface area contributed by atoms with Gasteiger partial charge in [-0.3, -0.25) is 9.59 Å². The maximum Gasteiger partial charge on any atom is 0.325 e. The molecule has 1 amide bonds. The summed E-state index contributed by atoms with van der Waals surface area (Å²) in [4.78, 5) is 28.3. The first-order valence-corrected chi connectivity index (χ1v) is 9.46. The molecule has 1 aromatic heterocycles. The average molecular weight is 380 g/mol. The van der Waals surface area contributed by atoms with Crippen molar-refractivity contribution in [3.05, 3.63) is 76.8 Å². The first-order chi connectivity index (χ1) is 13.1. The minimum atomic E-state index is -0.467. The second kappa shape index (κ2) is 9.09. The molecule has 0 bridgehead atoms. The summed E-state index contributed by atoms with van der Waals surface area (Å²) in [5.74, 6) is -0.723. The molecule has 0 unspecified atom stereocenters. The number of benzene rings is 2. The van der Waals surface area contributed by atoms with Crippen LogP contribution in [0.4, 0.5) is 0 Å². The fraction of sp³-hybridized carbons (Fsp3) is 0.190. The Bertz CT molecular complexity index is 922. The smallest absolute Gasteiger partial charge is 0.325 e. The van der Waals surface area contributed by atoms with Gasteiger partial charge in [0.05, 0.1) is 12.1 Å². The maximum absolute atomic E-state index is 12.0. The Morgan fingerprint density at radius 3 is 2.70 bits per heavy atom. The third kappa shape index (κ3) is 5.76. The van der Waals surface area contributed by atoms with E-state index in [0.717, 1.165) is 21.7 Å². The molecule has 0 aliphatic heterocycles. The lowest BCUT2D eigenvalue weighted by atomic mass is 10.1. The Hall–Kier alpha value is -2.99. The molecule has 2 aromatic carbocycles. The molecule has 0 spiro atoms. The highest BCUT2D eigenvalue weighted by Crippen LogP contribution is 2.24. The Kier molecular flexibility index (Phi) is 6.33. The number of carbonyl (C=O) groups excluding carboxylic acids is 2. The topological polar surface area (TPSA) is 68.3 Å². The molecular weight excluding hydrogens is 360 g/mol. The molecule has 0 aliphatic carbocycles. The predicted octanol–water partition coefficient (Wildman–Crippen LogP) is 3.52. The average Bonchev–Trinajstić information content (AvgIpc) is 3.14. The highest BCUT2D eigenvalue weighted by molar-refractivity contribution is 7.13. The van der Waals surface area contributed by atoms with Gasteiger partial charge in [-0.05, 0) is 18.6 Å². The van der Waals surface area contributed by atoms with Crippen molar-refractivity contribution >= 4 is 23.2 Å². The Labute approximate surface area is 162 Å². The molecule has 6 heteroatoms. The van der Waals surface area contributed by atoms with E-state index in [1.165, 1.54) is 11.3 Å². The van der Waals surface area contributed by atoms with Gasteiger partial charge in [0.2, 0.25) is 5.91 Å². The van der Waals surface area contributed by atoms with Crippen LogP contribution in [0, 0.1) is 6.92 Å². The normalized spacial score (nSPS) is 10.4. The zero-order valence-electron chi connectivity index (χ0n) is 15.0. The second-order valence-corrected chi connectivity index (χ2v) is 6.97. The zero-order chi connectivity index (χ0) is 19.1. The van der Waals surface area contributed by atoms with Gasteiger partial charge >= 0.3 is 5.97 Å². The van der Waals surface area contributed by atoms with Gasteiger partial charge in [0.15, 0.2) is 0 Å². The van der Waals surface area contributed by atoms with Gasteiger partial charge in [-0.1, -0.05) is 54.1 Å². The van der Waals surface area contributed by atoms with Crippen molar-refractivity contribution < 1.29 is 14.3 Å². The number of thiazole rings is 1. The first kappa shape index (κ1) is 18.8. The summed E-state index contributed by atoms with van der Waals surface area (Å²) < 4.78 is 5.13. The number of hydrogen-bond acceptors (Lipinski definition) is 5. The van der Waals surface area contributed by atoms with E-state index in [4.69, 9.17) is 4.74 Å². The van der Waals surface area contributed by atoms with Gasteiger partial charge in [-0.2, -0.15) is 0 Å². The molecule has 5 nitrogen and oxygen atoms in total. The lowest BCUT2D eigenvalue weighted by molar-refractivity contribution is -0.145. The Balaban J connectivity index is 1.45. The summed E-state index contributed by atoms with van der Waals surface area (Å²) in [6, 6.07) is 17.5. The number of ether oxygens (including phenoxy) is 1. The van der Waals surface area contributed by atoms with E-state index >= 15 is 0 Å². The number of hydrogen-bond donors (Lipinski definition) is 1. The second-order valence-electron chi connectivity index (χ2n) is 6.11. The van der Waals surface area contributed by atoms with Gasteiger partial charge < -0.3 is 10.1 Å². The molecule has 0 saturated heterocycles. The molecule has 3 rings (SSSR count). The van der Waals surface area contributed by atoms with Crippen LogP contribution in [0.3, 0.4) is 0 Å². The summed E-state index contributed by atoms with van der Waals surface area (Å²) in [5.41, 5.74) is 3.79. The molecule has 27 heavy (non-hydrogen) atoms. The van der Waals surface area contributed by atoms with E-state index in [2.05, 4.69) is 16.4 Å². The van der Waals surface area contributed by atoms with E-state index in [0.29, 0.717) is 5.69 Å². The third-order valence-electron chi connectivity index (χ3n) is 3.83. The Morgan fingerprint density at radius 1 is 1.11 bits per heavy atom. The van der Waals surface area contributed by atoms with Gasteiger partial charge in [0.25, 0.3) is 0 Å². The van der Waals surface area contributed by atoms with Crippen LogP contribution in [0.5, 0.6) is 0 Å². The number of esters is 1. The zero-order valence-corrected chi connectivity index (χ0v) is 15.8. The molecule has 1 N–H and O–H groups in total. The van der Waals surface area contributed by atoms with Crippen LogP contribution in [0.1, 0.15) is 16.8 Å². The summed E-state index contributed by atoms with van der Waals surface area (Å²) in [7, 11) is 0. The number of nitrogens with zero attached hydrogens (tertiary/aromatic N) is 1. The standard InChI is InChI=1S/C21H20N2O3S/c1-15-6-5-9-17(10-15)21-23-18(14-27-21)11-19(24)22-12-20(25)26-13-16-7-3-2-4-8-16/h2-10,14H,11-13H2,1H3,(H,22,24). The number of carbonyl (C=O) groups is 2. The predicted molar refractivity (Wildman–Crippen MR) is 105 cm³/mol. The van der Waals surface area contributed by atoms with E-state index in [-0.39, 0.29) is 25.5 Å². The van der Waals surface area contributed by atoms with Crippen LogP contribution in [-0.2, 0) is 27.4 Å². The lowest BCUT2D eigenvalue weighted by Crippen LogP contribution is -2.31. The van der Waals surface area contributed by atoms with Gasteiger partial charge in [-0.25, -0.2) is 4.98 Å². The number of rotatable bonds is 7. The molecule has 0 radical (unpaired) electrons. The fourth-order valence-corrected chi connectivity index (χ4v) is 3.30. The Morgan fingerprint density at radius 2 is 1.93 bits per heavy atom. The maximum atomic E-state index is 12.0. The lowest BCUT2D eigenvalue weighted by Gasteiger charge is -2.06. The van der Waals surface area contributed by atoms with Crippen LogP contribution in [-0.4, -0.2) is 23.4 Å². The van der Waals surface area contributed by atoms with Crippen molar-refractivity contribution in [3.8, 4) is 10.6 Å². The fourth-order valence-electron chi connectivity index (χ4n) is 2.49. The van der Waals surface area contributed by atoms with Crippen molar-refractivity contribution in [2.24, 2.45) is 0 Å². The molecule has 0 aliphatic rings. The van der Waals surface area contributed by atoms with Crippen molar-refractivity contribution in [2.45, 2.75) is 20.0 Å². The first-order valence-electron chi connectivity index (χ1n) is 8.58. The molecular formula is C21H20N2O3S. The summed E-state index contributed by atoms with van der Waals surface area (Å²) in [6.07, 6.45) is 0.133. The van der Waals surface area contributed by atoms with E-state index < -0.39 is 5.97 Å². The summed E-state index contributed by atoms with van der Waals surface area (Å²) >= 11 is 1.50. The summed E-state index contributed by atoms with van der Waals surface area (Å²) in [5, 5.41) is 5.32. The van der Waals surface area contributed by atoms with E-state index in [9.17, 15) is 9.59 Å². The molecule has 138 valence electrons. The van der Waals surface area contributed by atoms with Crippen LogP contribution in [0.25, 0.3) is 10.6 Å². The van der Waals surface area contributed by atoms with Gasteiger partial charge in [0.1, 0.15) is 18.2 Å². The molecule has 0 fully saturated rings. The highest BCUT2D eigenvalue weighted by atomic mass is 32.1. The highest BCUT2D eigenvalue weighted by Gasteiger charge is 2.11. The monoisotopic (exact) mass is 380 g/mol. The quantitative estimate of drug-likeness (QED) is 0.637. The number of amides is 1. The van der Waals surface area contributed by atoms with Crippen molar-refractivity contribution in [1.29, 1.82) is 0 Å². The molecule has 3 aromatic rings. The third-order valence-corrected chi connectivity index (χ3v) is 4.77. The number of aromatic nitrogens is 1. The van der Waals surface area contributed by atoms with Crippen LogP contribution >= 0.6 is 11.3 Å². The largest absolute Gasteiger partial charge is 0.460 e. The number of nitrogens with one attached hydrogen (secondary N) is 1. The SMILES string of the molecule is Cc1cccc(-c2nc(CC(=O)NCC(=O)OCc3ccccc3)cs2)c1. The molecule has 0 atom stereocenters. The van der Waals surface area contributed by atoms with E-state index in [1.807, 2.05) is 60.8 Å². The van der Waals surface area contributed by atoms with Crippen LogP contribution < -0.4 is 5.32 Å². The van der Waals surface area contributed by atoms with Crippen molar-refractivity contribution in [3.63, 3.8) is 0 Å². The summed E-state index contributed by atoms with van der Waals surface area (Å²) in [6.45, 7) is 2.07. The molecule has 0 saturated carbocycles. The van der Waals surface area contributed by atoms with Gasteiger partial charge in [0, 0.05) is 10.9 Å². The minimum absolute atomic E-state index is 0.133. The minimum Gasteiger partial charge on any atom is -0.460 e. The van der Waals surface area contributed by atoms with Crippen molar-refractivity contribution in [1.82, 2.24) is 10.3 Å².